The van der Waals surface area contributed by atoms with Gasteiger partial charge in [0.2, 0.25) is 0 Å². The van der Waals surface area contributed by atoms with Gasteiger partial charge < -0.3 is 5.73 Å². The molecule has 0 amide bonds. The van der Waals surface area contributed by atoms with E-state index in [1.54, 1.807) is 0 Å². The minimum Gasteiger partial charge on any atom is -0.321 e. The molecule has 1 aliphatic rings. The summed E-state index contributed by atoms with van der Waals surface area (Å²) < 4.78 is 0. The van der Waals surface area contributed by atoms with E-state index in [-0.39, 0.29) is 5.54 Å². The molecule has 1 aromatic rings. The predicted molar refractivity (Wildman–Crippen MR) is 74.0 cm³/mol. The highest BCUT2D eigenvalue weighted by Crippen LogP contribution is 2.56. The minimum absolute atomic E-state index is 0.0650. The van der Waals surface area contributed by atoms with Gasteiger partial charge in [-0.05, 0) is 48.8 Å². The normalized spacial score (nSPS) is 21.0. The average molecular weight is 231 g/mol. The lowest BCUT2D eigenvalue weighted by atomic mass is 9.53. The van der Waals surface area contributed by atoms with E-state index in [0.29, 0.717) is 5.41 Å². The zero-order valence-corrected chi connectivity index (χ0v) is 11.6. The summed E-state index contributed by atoms with van der Waals surface area (Å²) in [4.78, 5) is 0. The van der Waals surface area contributed by atoms with Crippen molar-refractivity contribution in [1.82, 2.24) is 0 Å². The van der Waals surface area contributed by atoms with Crippen LogP contribution in [0.1, 0.15) is 56.2 Å². The second kappa shape index (κ2) is 4.13. The Morgan fingerprint density at radius 2 is 1.65 bits per heavy atom. The number of nitrogens with two attached hydrogens (primary N) is 1. The summed E-state index contributed by atoms with van der Waals surface area (Å²) in [5.74, 6) is 0. The third kappa shape index (κ3) is 2.01. The zero-order valence-electron chi connectivity index (χ0n) is 11.6. The molecule has 0 aromatic heterocycles. The van der Waals surface area contributed by atoms with Crippen LogP contribution in [0.4, 0.5) is 0 Å². The molecule has 1 heteroatoms. The van der Waals surface area contributed by atoms with Crippen LogP contribution in [0, 0.1) is 19.3 Å². The summed E-state index contributed by atoms with van der Waals surface area (Å²) in [6, 6.07) is 6.71. The van der Waals surface area contributed by atoms with Crippen LogP contribution in [0.3, 0.4) is 0 Å². The summed E-state index contributed by atoms with van der Waals surface area (Å²) in [6.07, 6.45) is 4.81. The molecule has 94 valence electrons. The van der Waals surface area contributed by atoms with E-state index in [9.17, 15) is 0 Å². The summed E-state index contributed by atoms with van der Waals surface area (Å²) in [5.41, 5.74) is 11.1. The first-order valence-corrected chi connectivity index (χ1v) is 6.81. The number of benzene rings is 1. The summed E-state index contributed by atoms with van der Waals surface area (Å²) >= 11 is 0. The molecule has 0 heterocycles. The van der Waals surface area contributed by atoms with Crippen molar-refractivity contribution in [2.75, 3.05) is 0 Å². The van der Waals surface area contributed by atoms with Crippen LogP contribution >= 0.6 is 0 Å². The summed E-state index contributed by atoms with van der Waals surface area (Å²) in [7, 11) is 0. The van der Waals surface area contributed by atoms with Gasteiger partial charge in [-0.25, -0.2) is 0 Å². The van der Waals surface area contributed by atoms with Gasteiger partial charge in [0.1, 0.15) is 0 Å². The smallest absolute Gasteiger partial charge is 0.0420 e. The fraction of sp³-hybridized carbons (Fsp3) is 0.625. The van der Waals surface area contributed by atoms with Crippen LogP contribution in [0.25, 0.3) is 0 Å². The largest absolute Gasteiger partial charge is 0.321 e. The molecular weight excluding hydrogens is 206 g/mol. The summed E-state index contributed by atoms with van der Waals surface area (Å²) in [5, 5.41) is 0. The molecule has 1 aliphatic carbocycles. The van der Waals surface area contributed by atoms with E-state index in [1.165, 1.54) is 29.5 Å². The highest BCUT2D eigenvalue weighted by Gasteiger charge is 2.50. The van der Waals surface area contributed by atoms with Crippen LogP contribution in [-0.4, -0.2) is 0 Å². The van der Waals surface area contributed by atoms with Crippen molar-refractivity contribution in [2.45, 2.75) is 58.9 Å². The number of aryl methyl sites for hydroxylation is 2. The van der Waals surface area contributed by atoms with E-state index >= 15 is 0 Å². The van der Waals surface area contributed by atoms with E-state index in [0.717, 1.165) is 12.8 Å². The highest BCUT2D eigenvalue weighted by molar-refractivity contribution is 5.36. The van der Waals surface area contributed by atoms with Crippen LogP contribution < -0.4 is 5.73 Å². The lowest BCUT2D eigenvalue weighted by Crippen LogP contribution is -2.55. The molecule has 0 spiro atoms. The Labute approximate surface area is 105 Å². The first-order chi connectivity index (χ1) is 7.95. The maximum atomic E-state index is 6.57. The van der Waals surface area contributed by atoms with Crippen molar-refractivity contribution in [2.24, 2.45) is 11.1 Å². The van der Waals surface area contributed by atoms with Gasteiger partial charge in [-0.3, -0.25) is 0 Å². The first kappa shape index (κ1) is 12.6. The van der Waals surface area contributed by atoms with Gasteiger partial charge in [-0.15, -0.1) is 0 Å². The lowest BCUT2D eigenvalue weighted by Gasteiger charge is -2.55. The van der Waals surface area contributed by atoms with Gasteiger partial charge in [-0.2, -0.15) is 0 Å². The predicted octanol–water partition coefficient (Wildman–Crippen LogP) is 4.06. The first-order valence-electron chi connectivity index (χ1n) is 6.81. The Hall–Kier alpha value is -0.820. The molecular formula is C16H25N. The quantitative estimate of drug-likeness (QED) is 0.834. The average Bonchev–Trinajstić information content (AvgIpc) is 2.28. The van der Waals surface area contributed by atoms with Gasteiger partial charge in [0.05, 0.1) is 0 Å². The third-order valence-corrected chi connectivity index (χ3v) is 4.96. The molecule has 2 rings (SSSR count). The molecule has 0 saturated heterocycles. The Morgan fingerprint density at radius 3 is 2.12 bits per heavy atom. The highest BCUT2D eigenvalue weighted by atomic mass is 14.8. The fourth-order valence-electron chi connectivity index (χ4n) is 3.29. The van der Waals surface area contributed by atoms with Crippen molar-refractivity contribution in [3.8, 4) is 0 Å². The van der Waals surface area contributed by atoms with E-state index in [2.05, 4.69) is 45.9 Å². The Morgan fingerprint density at radius 1 is 1.06 bits per heavy atom. The number of hydrogen-bond acceptors (Lipinski definition) is 1. The molecule has 2 N–H and O–H groups in total. The minimum atomic E-state index is -0.0650. The second-order valence-electron chi connectivity index (χ2n) is 6.02. The lowest BCUT2D eigenvalue weighted by molar-refractivity contribution is 0.0166. The SMILES string of the molecule is CCC1(CC)CC(N)(c2ccc(C)c(C)c2)C1. The van der Waals surface area contributed by atoms with Crippen molar-refractivity contribution >= 4 is 0 Å². The maximum Gasteiger partial charge on any atom is 0.0420 e. The molecule has 0 atom stereocenters. The van der Waals surface area contributed by atoms with Gasteiger partial charge in [0, 0.05) is 5.54 Å². The van der Waals surface area contributed by atoms with Crippen LogP contribution in [0.15, 0.2) is 18.2 Å². The van der Waals surface area contributed by atoms with E-state index < -0.39 is 0 Å². The molecule has 1 nitrogen and oxygen atoms in total. The van der Waals surface area contributed by atoms with E-state index in [1.807, 2.05) is 0 Å². The Balaban J connectivity index is 2.22. The molecule has 1 fully saturated rings. The maximum absolute atomic E-state index is 6.57. The van der Waals surface area contributed by atoms with Gasteiger partial charge in [0.25, 0.3) is 0 Å². The van der Waals surface area contributed by atoms with Gasteiger partial charge in [-0.1, -0.05) is 44.9 Å². The van der Waals surface area contributed by atoms with Crippen molar-refractivity contribution < 1.29 is 0 Å². The molecule has 0 unspecified atom stereocenters. The van der Waals surface area contributed by atoms with E-state index in [4.69, 9.17) is 5.73 Å². The van der Waals surface area contributed by atoms with Gasteiger partial charge >= 0.3 is 0 Å². The number of hydrogen-bond donors (Lipinski definition) is 1. The van der Waals surface area contributed by atoms with Crippen molar-refractivity contribution in [3.63, 3.8) is 0 Å². The van der Waals surface area contributed by atoms with Crippen LogP contribution in [0.5, 0.6) is 0 Å². The topological polar surface area (TPSA) is 26.0 Å². The Bertz CT molecular complexity index is 408. The number of rotatable bonds is 3. The fourth-order valence-corrected chi connectivity index (χ4v) is 3.29. The molecule has 1 aromatic carbocycles. The van der Waals surface area contributed by atoms with Gasteiger partial charge in [0.15, 0.2) is 0 Å². The molecule has 1 saturated carbocycles. The second-order valence-corrected chi connectivity index (χ2v) is 6.02. The van der Waals surface area contributed by atoms with Crippen molar-refractivity contribution in [1.29, 1.82) is 0 Å². The van der Waals surface area contributed by atoms with Crippen molar-refractivity contribution in [3.05, 3.63) is 34.9 Å². The Kier molecular flexibility index (Phi) is 3.07. The monoisotopic (exact) mass is 231 g/mol. The molecule has 0 aliphatic heterocycles. The zero-order chi connectivity index (χ0) is 12.7. The standard InChI is InChI=1S/C16H25N/c1-5-15(6-2)10-16(17,11-15)14-8-7-12(3)13(4)9-14/h7-9H,5-6,10-11,17H2,1-4H3. The van der Waals surface area contributed by atoms with Crippen LogP contribution in [0.2, 0.25) is 0 Å². The summed E-state index contributed by atoms with van der Waals surface area (Å²) in [6.45, 7) is 8.92. The molecule has 0 radical (unpaired) electrons. The third-order valence-electron chi connectivity index (χ3n) is 4.96. The molecule has 0 bridgehead atoms. The molecule has 17 heavy (non-hydrogen) atoms. The van der Waals surface area contributed by atoms with Crippen LogP contribution in [-0.2, 0) is 5.54 Å².